The first-order chi connectivity index (χ1) is 8.20. The van der Waals surface area contributed by atoms with E-state index in [2.05, 4.69) is 36.3 Å². The highest BCUT2D eigenvalue weighted by Crippen LogP contribution is 2.41. The van der Waals surface area contributed by atoms with Crippen molar-refractivity contribution in [3.05, 3.63) is 30.1 Å². The SMILES string of the molecule is CNCC(C(C)C)C1(c2ccccn2)COC1. The summed E-state index contributed by atoms with van der Waals surface area (Å²) in [6.07, 6.45) is 1.88. The molecule has 17 heavy (non-hydrogen) atoms. The van der Waals surface area contributed by atoms with Gasteiger partial charge in [0.2, 0.25) is 0 Å². The monoisotopic (exact) mass is 234 g/mol. The van der Waals surface area contributed by atoms with Crippen molar-refractivity contribution >= 4 is 0 Å². The largest absolute Gasteiger partial charge is 0.379 e. The third-order valence-electron chi connectivity index (χ3n) is 3.83. The van der Waals surface area contributed by atoms with Crippen LogP contribution in [0.2, 0.25) is 0 Å². The van der Waals surface area contributed by atoms with Gasteiger partial charge in [-0.05, 0) is 37.6 Å². The molecule has 2 rings (SSSR count). The van der Waals surface area contributed by atoms with Crippen molar-refractivity contribution in [3.63, 3.8) is 0 Å². The lowest BCUT2D eigenvalue weighted by molar-refractivity contribution is -0.102. The van der Waals surface area contributed by atoms with Gasteiger partial charge in [0.25, 0.3) is 0 Å². The first-order valence-corrected chi connectivity index (χ1v) is 6.34. The molecule has 0 radical (unpaired) electrons. The Morgan fingerprint density at radius 3 is 2.59 bits per heavy atom. The van der Waals surface area contributed by atoms with Crippen LogP contribution in [0.1, 0.15) is 19.5 Å². The molecule has 0 saturated carbocycles. The van der Waals surface area contributed by atoms with Crippen LogP contribution in [0.15, 0.2) is 24.4 Å². The molecule has 1 aromatic heterocycles. The molecule has 94 valence electrons. The van der Waals surface area contributed by atoms with E-state index < -0.39 is 0 Å². The molecule has 1 saturated heterocycles. The van der Waals surface area contributed by atoms with Crippen molar-refractivity contribution in [2.45, 2.75) is 19.3 Å². The quantitative estimate of drug-likeness (QED) is 0.844. The van der Waals surface area contributed by atoms with E-state index in [1.54, 1.807) is 0 Å². The van der Waals surface area contributed by atoms with Gasteiger partial charge in [0.15, 0.2) is 0 Å². The lowest BCUT2D eigenvalue weighted by Crippen LogP contribution is -2.56. The molecule has 1 aliphatic heterocycles. The lowest BCUT2D eigenvalue weighted by Gasteiger charge is -2.48. The third kappa shape index (κ3) is 2.22. The van der Waals surface area contributed by atoms with E-state index in [1.807, 2.05) is 19.3 Å². The average molecular weight is 234 g/mol. The molecular weight excluding hydrogens is 212 g/mol. The molecule has 3 heteroatoms. The fourth-order valence-corrected chi connectivity index (χ4v) is 2.82. The first-order valence-electron chi connectivity index (χ1n) is 6.34. The molecule has 1 aromatic rings. The van der Waals surface area contributed by atoms with Gasteiger partial charge >= 0.3 is 0 Å². The van der Waals surface area contributed by atoms with Crippen LogP contribution in [0.3, 0.4) is 0 Å². The predicted octanol–water partition coefficient (Wildman–Crippen LogP) is 1.84. The van der Waals surface area contributed by atoms with Crippen LogP contribution in [0.25, 0.3) is 0 Å². The molecule has 1 aliphatic rings. The molecular formula is C14H22N2O. The molecule has 1 N–H and O–H groups in total. The highest BCUT2D eigenvalue weighted by atomic mass is 16.5. The van der Waals surface area contributed by atoms with Crippen molar-refractivity contribution in [3.8, 4) is 0 Å². The molecule has 0 bridgehead atoms. The van der Waals surface area contributed by atoms with E-state index in [0.717, 1.165) is 19.8 Å². The van der Waals surface area contributed by atoms with Crippen LogP contribution >= 0.6 is 0 Å². The molecule has 1 unspecified atom stereocenters. The highest BCUT2D eigenvalue weighted by molar-refractivity contribution is 5.22. The van der Waals surface area contributed by atoms with Gasteiger partial charge < -0.3 is 10.1 Å². The predicted molar refractivity (Wildman–Crippen MR) is 69.0 cm³/mol. The van der Waals surface area contributed by atoms with E-state index in [4.69, 9.17) is 4.74 Å². The Kier molecular flexibility index (Phi) is 3.79. The standard InChI is InChI=1S/C14H22N2O/c1-11(2)12(8-15-3)14(9-17-10-14)13-6-4-5-7-16-13/h4-7,11-12,15H,8-10H2,1-3H3. The molecule has 2 heterocycles. The second-order valence-corrected chi connectivity index (χ2v) is 5.27. The smallest absolute Gasteiger partial charge is 0.0635 e. The van der Waals surface area contributed by atoms with Gasteiger partial charge in [0.1, 0.15) is 0 Å². The molecule has 0 spiro atoms. The number of pyridine rings is 1. The maximum atomic E-state index is 5.50. The summed E-state index contributed by atoms with van der Waals surface area (Å²) in [4.78, 5) is 4.55. The number of rotatable bonds is 5. The minimum atomic E-state index is 0.110. The summed E-state index contributed by atoms with van der Waals surface area (Å²) in [6.45, 7) is 7.18. The number of ether oxygens (including phenoxy) is 1. The van der Waals surface area contributed by atoms with Gasteiger partial charge in [0, 0.05) is 6.20 Å². The van der Waals surface area contributed by atoms with Gasteiger partial charge in [-0.2, -0.15) is 0 Å². The van der Waals surface area contributed by atoms with E-state index in [1.165, 1.54) is 5.69 Å². The second kappa shape index (κ2) is 5.15. The summed E-state index contributed by atoms with van der Waals surface area (Å²) in [5.41, 5.74) is 1.29. The van der Waals surface area contributed by atoms with Gasteiger partial charge in [0.05, 0.1) is 24.3 Å². The Morgan fingerprint density at radius 1 is 1.41 bits per heavy atom. The maximum Gasteiger partial charge on any atom is 0.0635 e. The molecule has 1 atom stereocenters. The van der Waals surface area contributed by atoms with Crippen molar-refractivity contribution < 1.29 is 4.74 Å². The number of hydrogen-bond acceptors (Lipinski definition) is 3. The number of aromatic nitrogens is 1. The maximum absolute atomic E-state index is 5.50. The zero-order valence-corrected chi connectivity index (χ0v) is 10.9. The Morgan fingerprint density at radius 2 is 2.18 bits per heavy atom. The first kappa shape index (κ1) is 12.5. The minimum Gasteiger partial charge on any atom is -0.379 e. The van der Waals surface area contributed by atoms with Gasteiger partial charge in [-0.1, -0.05) is 19.9 Å². The van der Waals surface area contributed by atoms with Crippen molar-refractivity contribution in [1.82, 2.24) is 10.3 Å². The van der Waals surface area contributed by atoms with Crippen LogP contribution in [0.5, 0.6) is 0 Å². The fourth-order valence-electron chi connectivity index (χ4n) is 2.82. The molecule has 0 aliphatic carbocycles. The third-order valence-corrected chi connectivity index (χ3v) is 3.83. The summed E-state index contributed by atoms with van der Waals surface area (Å²) in [7, 11) is 2.01. The topological polar surface area (TPSA) is 34.2 Å². The zero-order chi connectivity index (χ0) is 12.3. The summed E-state index contributed by atoms with van der Waals surface area (Å²) in [5.74, 6) is 1.18. The second-order valence-electron chi connectivity index (χ2n) is 5.27. The van der Waals surface area contributed by atoms with Crippen LogP contribution in [-0.2, 0) is 10.2 Å². The van der Waals surface area contributed by atoms with E-state index >= 15 is 0 Å². The average Bonchev–Trinajstić information content (AvgIpc) is 2.28. The Hall–Kier alpha value is -0.930. The molecule has 0 aromatic carbocycles. The summed E-state index contributed by atoms with van der Waals surface area (Å²) < 4.78 is 5.50. The summed E-state index contributed by atoms with van der Waals surface area (Å²) in [6, 6.07) is 6.17. The van der Waals surface area contributed by atoms with E-state index in [9.17, 15) is 0 Å². The van der Waals surface area contributed by atoms with Gasteiger partial charge in [-0.25, -0.2) is 0 Å². The number of hydrogen-bond donors (Lipinski definition) is 1. The normalized spacial score (nSPS) is 20.0. The number of nitrogens with one attached hydrogen (secondary N) is 1. The van der Waals surface area contributed by atoms with E-state index in [0.29, 0.717) is 11.8 Å². The van der Waals surface area contributed by atoms with Crippen LogP contribution in [0, 0.1) is 11.8 Å². The van der Waals surface area contributed by atoms with Crippen molar-refractivity contribution in [1.29, 1.82) is 0 Å². The van der Waals surface area contributed by atoms with Crippen molar-refractivity contribution in [2.75, 3.05) is 26.8 Å². The van der Waals surface area contributed by atoms with Gasteiger partial charge in [-0.3, -0.25) is 4.98 Å². The Balaban J connectivity index is 2.29. The minimum absolute atomic E-state index is 0.110. The summed E-state index contributed by atoms with van der Waals surface area (Å²) >= 11 is 0. The fraction of sp³-hybridized carbons (Fsp3) is 0.643. The van der Waals surface area contributed by atoms with Crippen LogP contribution in [-0.4, -0.2) is 31.8 Å². The molecule has 0 amide bonds. The summed E-state index contributed by atoms with van der Waals surface area (Å²) in [5, 5.41) is 3.31. The Labute approximate surface area is 104 Å². The Bertz CT molecular complexity index is 346. The molecule has 3 nitrogen and oxygen atoms in total. The van der Waals surface area contributed by atoms with Crippen LogP contribution in [0.4, 0.5) is 0 Å². The van der Waals surface area contributed by atoms with E-state index in [-0.39, 0.29) is 5.41 Å². The highest BCUT2D eigenvalue weighted by Gasteiger charge is 2.48. The molecule has 1 fully saturated rings. The number of nitrogens with zero attached hydrogens (tertiary/aromatic N) is 1. The lowest BCUT2D eigenvalue weighted by atomic mass is 9.66. The van der Waals surface area contributed by atoms with Gasteiger partial charge in [-0.15, -0.1) is 0 Å². The van der Waals surface area contributed by atoms with Crippen LogP contribution < -0.4 is 5.32 Å². The van der Waals surface area contributed by atoms with Crippen molar-refractivity contribution in [2.24, 2.45) is 11.8 Å². The zero-order valence-electron chi connectivity index (χ0n) is 10.9.